The van der Waals surface area contributed by atoms with Gasteiger partial charge in [-0.2, -0.15) is 0 Å². The van der Waals surface area contributed by atoms with Crippen LogP contribution in [0.15, 0.2) is 42.5 Å². The monoisotopic (exact) mass is 363 g/mol. The van der Waals surface area contributed by atoms with Crippen LogP contribution in [-0.4, -0.2) is 24.4 Å². The van der Waals surface area contributed by atoms with Crippen LogP contribution >= 0.6 is 11.6 Å². The average molecular weight is 364 g/mol. The fraction of sp³-hybridized carbons (Fsp3) is 0.400. The highest BCUT2D eigenvalue weighted by Crippen LogP contribution is 2.32. The summed E-state index contributed by atoms with van der Waals surface area (Å²) in [7, 11) is 0. The van der Waals surface area contributed by atoms with Crippen LogP contribution in [0, 0.1) is 0 Å². The van der Waals surface area contributed by atoms with Crippen molar-refractivity contribution >= 4 is 11.6 Å². The molecule has 0 heterocycles. The predicted molar refractivity (Wildman–Crippen MR) is 101 cm³/mol. The molecule has 2 N–H and O–H groups in total. The molecule has 1 atom stereocenters. The largest absolute Gasteiger partial charge is 0.490 e. The number of ether oxygens (including phenoxy) is 2. The molecule has 0 fully saturated rings. The zero-order chi connectivity index (χ0) is 18.1. The predicted octanol–water partition coefficient (Wildman–Crippen LogP) is 4.18. The Hall–Kier alpha value is -1.75. The van der Waals surface area contributed by atoms with Gasteiger partial charge in [0, 0.05) is 28.7 Å². The third-order valence-electron chi connectivity index (χ3n) is 3.98. The van der Waals surface area contributed by atoms with E-state index in [1.807, 2.05) is 56.3 Å². The summed E-state index contributed by atoms with van der Waals surface area (Å²) in [6, 6.07) is 13.5. The van der Waals surface area contributed by atoms with E-state index >= 15 is 0 Å². The highest BCUT2D eigenvalue weighted by atomic mass is 35.5. The lowest BCUT2D eigenvalue weighted by atomic mass is 10.1. The first-order valence-corrected chi connectivity index (χ1v) is 9.02. The second-order valence-corrected chi connectivity index (χ2v) is 6.13. The molecule has 0 amide bonds. The van der Waals surface area contributed by atoms with Crippen LogP contribution in [0.1, 0.15) is 31.4 Å². The maximum absolute atomic E-state index is 9.36. The van der Waals surface area contributed by atoms with Gasteiger partial charge >= 0.3 is 0 Å². The molecule has 2 aromatic carbocycles. The number of para-hydroxylation sites is 1. The molecule has 0 saturated carbocycles. The highest BCUT2D eigenvalue weighted by Gasteiger charge is 2.13. The minimum absolute atomic E-state index is 0.0622. The molecule has 25 heavy (non-hydrogen) atoms. The van der Waals surface area contributed by atoms with Crippen molar-refractivity contribution in [2.75, 3.05) is 13.2 Å². The maximum atomic E-state index is 9.36. The molecule has 0 spiro atoms. The second-order valence-electron chi connectivity index (χ2n) is 5.73. The first-order valence-electron chi connectivity index (χ1n) is 8.64. The van der Waals surface area contributed by atoms with Crippen LogP contribution < -0.4 is 14.8 Å². The number of aliphatic hydroxyl groups excluding tert-OH is 1. The molecule has 0 aliphatic carbocycles. The molecule has 0 radical (unpaired) electrons. The SMILES string of the molecule is CCOc1cccc(CN[C@H](CC)CO)c1OCc1ccccc1Cl. The summed E-state index contributed by atoms with van der Waals surface area (Å²) in [6.07, 6.45) is 0.859. The number of hydrogen-bond acceptors (Lipinski definition) is 4. The summed E-state index contributed by atoms with van der Waals surface area (Å²) < 4.78 is 11.8. The van der Waals surface area contributed by atoms with Gasteiger partial charge in [-0.1, -0.05) is 48.9 Å². The van der Waals surface area contributed by atoms with Crippen molar-refractivity contribution in [1.82, 2.24) is 5.32 Å². The minimum Gasteiger partial charge on any atom is -0.490 e. The van der Waals surface area contributed by atoms with Crippen LogP contribution in [0.2, 0.25) is 5.02 Å². The van der Waals surface area contributed by atoms with Gasteiger partial charge in [-0.15, -0.1) is 0 Å². The molecule has 0 aromatic heterocycles. The fourth-order valence-electron chi connectivity index (χ4n) is 2.49. The van der Waals surface area contributed by atoms with E-state index in [-0.39, 0.29) is 12.6 Å². The van der Waals surface area contributed by atoms with Crippen LogP contribution in [0.5, 0.6) is 11.5 Å². The van der Waals surface area contributed by atoms with Crippen LogP contribution in [0.25, 0.3) is 0 Å². The maximum Gasteiger partial charge on any atom is 0.166 e. The Morgan fingerprint density at radius 2 is 1.80 bits per heavy atom. The summed E-state index contributed by atoms with van der Waals surface area (Å²) >= 11 is 6.22. The number of nitrogens with one attached hydrogen (secondary N) is 1. The Labute approximate surface area is 154 Å². The van der Waals surface area contributed by atoms with E-state index in [1.54, 1.807) is 0 Å². The van der Waals surface area contributed by atoms with Gasteiger partial charge in [-0.3, -0.25) is 0 Å². The lowest BCUT2D eigenvalue weighted by Gasteiger charge is -2.19. The normalized spacial score (nSPS) is 12.0. The van der Waals surface area contributed by atoms with Crippen molar-refractivity contribution in [3.05, 3.63) is 58.6 Å². The van der Waals surface area contributed by atoms with E-state index in [0.29, 0.717) is 36.3 Å². The van der Waals surface area contributed by atoms with Crippen molar-refractivity contribution < 1.29 is 14.6 Å². The standard InChI is InChI=1S/C20H26ClNO3/c1-3-17(13-23)22-12-15-9-7-11-19(24-4-2)20(15)25-14-16-8-5-6-10-18(16)21/h5-11,17,22-23H,3-4,12-14H2,1-2H3/t17-/m1/s1. The third-order valence-corrected chi connectivity index (χ3v) is 4.35. The first-order chi connectivity index (χ1) is 12.2. The summed E-state index contributed by atoms with van der Waals surface area (Å²) in [6.45, 7) is 5.62. The zero-order valence-corrected chi connectivity index (χ0v) is 15.6. The minimum atomic E-state index is 0.0622. The highest BCUT2D eigenvalue weighted by molar-refractivity contribution is 6.31. The molecule has 2 rings (SSSR count). The lowest BCUT2D eigenvalue weighted by Crippen LogP contribution is -2.31. The van der Waals surface area contributed by atoms with E-state index in [9.17, 15) is 5.11 Å². The number of benzene rings is 2. The molecule has 0 aliphatic heterocycles. The fourth-order valence-corrected chi connectivity index (χ4v) is 2.68. The summed E-state index contributed by atoms with van der Waals surface area (Å²) in [5.74, 6) is 1.43. The van der Waals surface area contributed by atoms with E-state index in [0.717, 1.165) is 17.5 Å². The van der Waals surface area contributed by atoms with Gasteiger partial charge in [-0.25, -0.2) is 0 Å². The smallest absolute Gasteiger partial charge is 0.166 e. The Balaban J connectivity index is 2.18. The molecule has 0 bridgehead atoms. The van der Waals surface area contributed by atoms with Crippen molar-refractivity contribution in [1.29, 1.82) is 0 Å². The van der Waals surface area contributed by atoms with Gasteiger partial charge in [0.05, 0.1) is 13.2 Å². The molecule has 0 saturated heterocycles. The molecule has 0 unspecified atom stereocenters. The van der Waals surface area contributed by atoms with Crippen molar-refractivity contribution in [3.8, 4) is 11.5 Å². The number of aliphatic hydroxyl groups is 1. The third kappa shape index (κ3) is 5.63. The van der Waals surface area contributed by atoms with E-state index < -0.39 is 0 Å². The summed E-state index contributed by atoms with van der Waals surface area (Å²) in [5.41, 5.74) is 1.92. The average Bonchev–Trinajstić information content (AvgIpc) is 2.63. The quantitative estimate of drug-likeness (QED) is 0.665. The summed E-state index contributed by atoms with van der Waals surface area (Å²) in [5, 5.41) is 13.4. The molecular weight excluding hydrogens is 338 g/mol. The Bertz CT molecular complexity index is 659. The topological polar surface area (TPSA) is 50.7 Å². The lowest BCUT2D eigenvalue weighted by molar-refractivity contribution is 0.236. The molecule has 2 aromatic rings. The number of halogens is 1. The number of rotatable bonds is 10. The van der Waals surface area contributed by atoms with Gasteiger partial charge in [0.2, 0.25) is 0 Å². The van der Waals surface area contributed by atoms with Crippen molar-refractivity contribution in [3.63, 3.8) is 0 Å². The van der Waals surface area contributed by atoms with Crippen LogP contribution in [-0.2, 0) is 13.2 Å². The van der Waals surface area contributed by atoms with Gasteiger partial charge in [0.1, 0.15) is 6.61 Å². The van der Waals surface area contributed by atoms with Crippen LogP contribution in [0.4, 0.5) is 0 Å². The van der Waals surface area contributed by atoms with Crippen molar-refractivity contribution in [2.24, 2.45) is 0 Å². The Morgan fingerprint density at radius 1 is 1.04 bits per heavy atom. The first kappa shape index (κ1) is 19.6. The molecule has 5 heteroatoms. The van der Waals surface area contributed by atoms with Crippen molar-refractivity contribution in [2.45, 2.75) is 39.5 Å². The molecule has 4 nitrogen and oxygen atoms in total. The van der Waals surface area contributed by atoms with E-state index in [2.05, 4.69) is 5.32 Å². The second kappa shape index (κ2) is 10.3. The Morgan fingerprint density at radius 3 is 2.48 bits per heavy atom. The molecule has 0 aliphatic rings. The molecule has 136 valence electrons. The Kier molecular flexibility index (Phi) is 8.06. The van der Waals surface area contributed by atoms with Gasteiger partial charge < -0.3 is 19.9 Å². The van der Waals surface area contributed by atoms with E-state index in [1.165, 1.54) is 0 Å². The molecular formula is C20H26ClNO3. The van der Waals surface area contributed by atoms with Gasteiger partial charge in [0.25, 0.3) is 0 Å². The zero-order valence-electron chi connectivity index (χ0n) is 14.8. The van der Waals surface area contributed by atoms with Gasteiger partial charge in [0.15, 0.2) is 11.5 Å². The van der Waals surface area contributed by atoms with Gasteiger partial charge in [-0.05, 0) is 25.5 Å². The number of hydrogen-bond donors (Lipinski definition) is 2. The van der Waals surface area contributed by atoms with Crippen LogP contribution in [0.3, 0.4) is 0 Å². The summed E-state index contributed by atoms with van der Waals surface area (Å²) in [4.78, 5) is 0. The van der Waals surface area contributed by atoms with E-state index in [4.69, 9.17) is 21.1 Å².